The summed E-state index contributed by atoms with van der Waals surface area (Å²) < 4.78 is 8.65. The summed E-state index contributed by atoms with van der Waals surface area (Å²) in [6.07, 6.45) is -0.208. The number of ether oxygens (including phenoxy) is 1. The molecule has 0 fully saturated rings. The van der Waals surface area contributed by atoms with Crippen molar-refractivity contribution in [3.8, 4) is 11.1 Å². The van der Waals surface area contributed by atoms with Gasteiger partial charge in [0.25, 0.3) is 5.91 Å². The fourth-order valence-corrected chi connectivity index (χ4v) is 5.96. The molecule has 1 amide bonds. The largest absolute Gasteiger partial charge is 0.478 e. The Hall–Kier alpha value is -3.98. The van der Waals surface area contributed by atoms with Gasteiger partial charge in [-0.15, -0.1) is 0 Å². The Balaban J connectivity index is 1.52. The summed E-state index contributed by atoms with van der Waals surface area (Å²) in [5.74, 6) is -1.09. The Morgan fingerprint density at radius 3 is 2.48 bits per heavy atom. The predicted molar refractivity (Wildman–Crippen MR) is 163 cm³/mol. The number of rotatable bonds is 7. The number of aliphatic hydroxyl groups excluding tert-OH is 1. The molecule has 2 heterocycles. The third-order valence-electron chi connectivity index (χ3n) is 8.37. The van der Waals surface area contributed by atoms with Crippen molar-refractivity contribution in [2.24, 2.45) is 13.0 Å². The van der Waals surface area contributed by atoms with Crippen LogP contribution in [0.3, 0.4) is 0 Å². The monoisotopic (exact) mass is 569 g/mol. The van der Waals surface area contributed by atoms with Crippen LogP contribution in [0, 0.1) is 5.92 Å². The topological polar surface area (TPSA) is 95.2 Å². The van der Waals surface area contributed by atoms with E-state index in [1.807, 2.05) is 68.1 Å². The maximum absolute atomic E-state index is 14.5. The zero-order valence-electron chi connectivity index (χ0n) is 24.7. The highest BCUT2D eigenvalue weighted by molar-refractivity contribution is 6.10. The number of carboxylic acid groups (broad SMARTS) is 1. The van der Waals surface area contributed by atoms with Gasteiger partial charge in [0.2, 0.25) is 0 Å². The Bertz CT molecular complexity index is 1580. The summed E-state index contributed by atoms with van der Waals surface area (Å²) in [6.45, 7) is 5.86. The van der Waals surface area contributed by atoms with Crippen LogP contribution in [-0.4, -0.2) is 75.3 Å². The van der Waals surface area contributed by atoms with Gasteiger partial charge in [0.1, 0.15) is 5.69 Å². The molecule has 8 nitrogen and oxygen atoms in total. The molecule has 2 N–H and O–H groups in total. The Kier molecular flexibility index (Phi) is 8.77. The molecule has 42 heavy (non-hydrogen) atoms. The molecule has 3 atom stereocenters. The van der Waals surface area contributed by atoms with Gasteiger partial charge in [0.15, 0.2) is 0 Å². The van der Waals surface area contributed by atoms with Crippen molar-refractivity contribution in [2.45, 2.75) is 39.1 Å². The zero-order chi connectivity index (χ0) is 30.0. The average molecular weight is 570 g/mol. The predicted octanol–water partition coefficient (Wildman–Crippen LogP) is 5.03. The molecule has 0 saturated heterocycles. The van der Waals surface area contributed by atoms with Gasteiger partial charge in [-0.3, -0.25) is 9.69 Å². The van der Waals surface area contributed by atoms with E-state index in [0.717, 1.165) is 33.2 Å². The number of hydrogen-bond donors (Lipinski definition) is 2. The summed E-state index contributed by atoms with van der Waals surface area (Å²) in [5, 5.41) is 20.4. The molecule has 1 aliphatic heterocycles. The fourth-order valence-electron chi connectivity index (χ4n) is 5.96. The van der Waals surface area contributed by atoms with E-state index < -0.39 is 5.97 Å². The van der Waals surface area contributed by atoms with Crippen molar-refractivity contribution in [3.63, 3.8) is 0 Å². The van der Waals surface area contributed by atoms with Crippen LogP contribution in [0.25, 0.3) is 22.0 Å². The van der Waals surface area contributed by atoms with Crippen LogP contribution in [0.4, 0.5) is 0 Å². The SMILES string of the molecule is C[C@H]1CN([C@@H](C)CO)C(=O)c2c(c3ccccc3n2C)-c2ccccc2CO[C@@H]1CN(C)Cc1ccc(C(=O)O)cc1. The Morgan fingerprint density at radius 2 is 1.76 bits per heavy atom. The van der Waals surface area contributed by atoms with E-state index in [-0.39, 0.29) is 36.1 Å². The van der Waals surface area contributed by atoms with Crippen LogP contribution in [0.2, 0.25) is 0 Å². The number of para-hydroxylation sites is 1. The minimum atomic E-state index is -0.943. The first-order chi connectivity index (χ1) is 20.2. The molecule has 3 aromatic carbocycles. The maximum atomic E-state index is 14.5. The van der Waals surface area contributed by atoms with Crippen molar-refractivity contribution in [3.05, 3.63) is 95.2 Å². The highest BCUT2D eigenvalue weighted by atomic mass is 16.5. The summed E-state index contributed by atoms with van der Waals surface area (Å²) in [4.78, 5) is 29.7. The molecule has 1 aliphatic rings. The molecule has 0 radical (unpaired) electrons. The summed E-state index contributed by atoms with van der Waals surface area (Å²) in [5.41, 5.74) is 5.72. The number of likely N-dealkylation sites (N-methyl/N-ethyl adjacent to an activating group) is 1. The van der Waals surface area contributed by atoms with Crippen LogP contribution < -0.4 is 0 Å². The number of hydrogen-bond acceptors (Lipinski definition) is 5. The van der Waals surface area contributed by atoms with Crippen LogP contribution in [0.1, 0.15) is 45.8 Å². The van der Waals surface area contributed by atoms with Crippen LogP contribution in [-0.2, 0) is 24.9 Å². The smallest absolute Gasteiger partial charge is 0.335 e. The number of aliphatic hydroxyl groups is 1. The van der Waals surface area contributed by atoms with E-state index in [1.165, 1.54) is 0 Å². The third kappa shape index (κ3) is 5.83. The van der Waals surface area contributed by atoms with Crippen LogP contribution in [0.15, 0.2) is 72.8 Å². The number of aromatic carboxylic acids is 1. The van der Waals surface area contributed by atoms with Crippen molar-refractivity contribution >= 4 is 22.8 Å². The van der Waals surface area contributed by atoms with Crippen LogP contribution in [0.5, 0.6) is 0 Å². The number of carbonyl (C=O) groups is 2. The van der Waals surface area contributed by atoms with E-state index in [9.17, 15) is 19.8 Å². The summed E-state index contributed by atoms with van der Waals surface area (Å²) in [6, 6.07) is 22.7. The lowest BCUT2D eigenvalue weighted by Crippen LogP contribution is -2.47. The number of carbonyl (C=O) groups excluding carboxylic acids is 1. The highest BCUT2D eigenvalue weighted by Crippen LogP contribution is 2.38. The molecule has 5 rings (SSSR count). The first-order valence-electron chi connectivity index (χ1n) is 14.4. The maximum Gasteiger partial charge on any atom is 0.335 e. The third-order valence-corrected chi connectivity index (χ3v) is 8.37. The lowest BCUT2D eigenvalue weighted by molar-refractivity contribution is -0.0242. The number of aryl methyl sites for hydroxylation is 1. The second-order valence-corrected chi connectivity index (χ2v) is 11.5. The van der Waals surface area contributed by atoms with Gasteiger partial charge in [-0.2, -0.15) is 0 Å². The second kappa shape index (κ2) is 12.5. The first-order valence-corrected chi connectivity index (χ1v) is 14.4. The van der Waals surface area contributed by atoms with E-state index in [1.54, 1.807) is 17.0 Å². The molecule has 0 aliphatic carbocycles. The molecule has 220 valence electrons. The number of nitrogens with zero attached hydrogens (tertiary/aromatic N) is 3. The van der Waals surface area contributed by atoms with Gasteiger partial charge in [0, 0.05) is 49.1 Å². The highest BCUT2D eigenvalue weighted by Gasteiger charge is 2.33. The van der Waals surface area contributed by atoms with Crippen molar-refractivity contribution in [1.82, 2.24) is 14.4 Å². The van der Waals surface area contributed by atoms with Gasteiger partial charge in [-0.1, -0.05) is 61.5 Å². The first kappa shape index (κ1) is 29.5. The molecular formula is C34H39N3O5. The molecule has 0 unspecified atom stereocenters. The molecule has 0 bridgehead atoms. The minimum absolute atomic E-state index is 0.0387. The van der Waals surface area contributed by atoms with E-state index >= 15 is 0 Å². The Morgan fingerprint density at radius 1 is 1.07 bits per heavy atom. The van der Waals surface area contributed by atoms with Gasteiger partial charge >= 0.3 is 5.97 Å². The van der Waals surface area contributed by atoms with E-state index in [2.05, 4.69) is 30.0 Å². The number of amides is 1. The molecule has 4 aromatic rings. The minimum Gasteiger partial charge on any atom is -0.478 e. The van der Waals surface area contributed by atoms with E-state index in [4.69, 9.17) is 4.74 Å². The summed E-state index contributed by atoms with van der Waals surface area (Å²) >= 11 is 0. The molecule has 0 saturated carbocycles. The lowest BCUT2D eigenvalue weighted by atomic mass is 9.96. The Labute approximate surface area is 246 Å². The van der Waals surface area contributed by atoms with Crippen molar-refractivity contribution in [1.29, 1.82) is 0 Å². The summed E-state index contributed by atoms with van der Waals surface area (Å²) in [7, 11) is 3.95. The molecule has 0 spiro atoms. The molecule has 1 aromatic heterocycles. The van der Waals surface area contributed by atoms with Gasteiger partial charge < -0.3 is 24.4 Å². The second-order valence-electron chi connectivity index (χ2n) is 11.5. The number of carboxylic acids is 1. The normalized spacial score (nSPS) is 18.4. The lowest BCUT2D eigenvalue weighted by Gasteiger charge is -2.35. The van der Waals surface area contributed by atoms with Crippen molar-refractivity contribution in [2.75, 3.05) is 26.7 Å². The van der Waals surface area contributed by atoms with Crippen molar-refractivity contribution < 1.29 is 24.5 Å². The van der Waals surface area contributed by atoms with Gasteiger partial charge in [-0.25, -0.2) is 4.79 Å². The number of benzene rings is 3. The van der Waals surface area contributed by atoms with Gasteiger partial charge in [0.05, 0.1) is 30.9 Å². The molecular weight excluding hydrogens is 530 g/mol. The fraction of sp³-hybridized carbons (Fsp3) is 0.353. The van der Waals surface area contributed by atoms with E-state index in [0.29, 0.717) is 31.9 Å². The van der Waals surface area contributed by atoms with Crippen LogP contribution >= 0.6 is 0 Å². The quantitative estimate of drug-likeness (QED) is 0.324. The number of fused-ring (bicyclic) bond motifs is 5. The standard InChI is InChI=1S/C34H39N3O5/c1-22-17-37(23(2)20-38)33(39)32-31(28-11-7-8-12-29(28)36(32)4)27-10-6-5-9-26(27)21-42-30(22)19-35(3)18-24-13-15-25(16-14-24)34(40)41/h5-16,22-23,30,38H,17-21H2,1-4H3,(H,40,41)/t22-,23-,30+/m0/s1. The molecule has 8 heteroatoms. The average Bonchev–Trinajstić information content (AvgIpc) is 3.28. The van der Waals surface area contributed by atoms with Gasteiger partial charge in [-0.05, 0) is 48.9 Å². The number of aromatic nitrogens is 1. The zero-order valence-corrected chi connectivity index (χ0v) is 24.7.